The Balaban J connectivity index is 0.000000770. The second-order valence-corrected chi connectivity index (χ2v) is 3.29. The van der Waals surface area contributed by atoms with Crippen molar-refractivity contribution in [1.29, 1.82) is 0 Å². The number of hydrogen-bond acceptors (Lipinski definition) is 5. The lowest BCUT2D eigenvalue weighted by atomic mass is 10.0. The molecular formula is C12H14O5. The summed E-state index contributed by atoms with van der Waals surface area (Å²) in [4.78, 5) is 27.1. The first-order valence-corrected chi connectivity index (χ1v) is 4.85. The smallest absolute Gasteiger partial charge is 0.373 e. The Morgan fingerprint density at radius 3 is 2.53 bits per heavy atom. The average Bonchev–Trinajstić information content (AvgIpc) is 2.30. The number of rotatable bonds is 3. The van der Waals surface area contributed by atoms with Crippen LogP contribution in [0.3, 0.4) is 0 Å². The summed E-state index contributed by atoms with van der Waals surface area (Å²) in [6.45, 7) is 1.94. The molecule has 1 N–H and O–H groups in total. The van der Waals surface area contributed by atoms with Gasteiger partial charge in [0.1, 0.15) is 0 Å². The SMILES string of the molecule is COC(=O)CC(O)c1cccc(C)c1.O=C=O. The van der Waals surface area contributed by atoms with Crippen molar-refractivity contribution in [2.45, 2.75) is 19.4 Å². The monoisotopic (exact) mass is 238 g/mol. The third-order valence-electron chi connectivity index (χ3n) is 2.01. The lowest BCUT2D eigenvalue weighted by Gasteiger charge is -2.09. The molecule has 0 aliphatic carbocycles. The fraction of sp³-hybridized carbons (Fsp3) is 0.333. The topological polar surface area (TPSA) is 80.7 Å². The van der Waals surface area contributed by atoms with Crippen LogP contribution in [0.5, 0.6) is 0 Å². The lowest BCUT2D eigenvalue weighted by molar-refractivity contribution is -0.191. The molecule has 1 atom stereocenters. The standard InChI is InChI=1S/C11H14O3.CO2/c1-8-4-3-5-9(6-8)10(12)7-11(13)14-2;2-1-3/h3-6,10,12H,7H2,1-2H3;. The number of hydrogen-bond donors (Lipinski definition) is 1. The van der Waals surface area contributed by atoms with Gasteiger partial charge >= 0.3 is 12.1 Å². The fourth-order valence-corrected chi connectivity index (χ4v) is 1.24. The molecule has 0 spiro atoms. The van der Waals surface area contributed by atoms with E-state index in [1.54, 1.807) is 6.07 Å². The molecular weight excluding hydrogens is 224 g/mol. The Hall–Kier alpha value is -1.97. The number of methoxy groups -OCH3 is 1. The van der Waals surface area contributed by atoms with Gasteiger partial charge in [-0.1, -0.05) is 29.8 Å². The summed E-state index contributed by atoms with van der Waals surface area (Å²) < 4.78 is 4.47. The van der Waals surface area contributed by atoms with Gasteiger partial charge in [-0.2, -0.15) is 9.59 Å². The van der Waals surface area contributed by atoms with Crippen LogP contribution in [0.1, 0.15) is 23.7 Å². The molecule has 0 saturated carbocycles. The minimum atomic E-state index is -0.776. The van der Waals surface area contributed by atoms with Gasteiger partial charge in [0.2, 0.25) is 0 Å². The molecule has 0 aliphatic rings. The number of aliphatic hydroxyl groups excluding tert-OH is 1. The molecule has 1 aromatic carbocycles. The summed E-state index contributed by atoms with van der Waals surface area (Å²) in [6.07, 6.45) is -0.526. The zero-order valence-electron chi connectivity index (χ0n) is 9.67. The predicted molar refractivity (Wildman–Crippen MR) is 57.8 cm³/mol. The maximum Gasteiger partial charge on any atom is 0.373 e. The van der Waals surface area contributed by atoms with Crippen molar-refractivity contribution in [2.75, 3.05) is 7.11 Å². The van der Waals surface area contributed by atoms with Crippen molar-refractivity contribution in [1.82, 2.24) is 0 Å². The molecule has 1 rings (SSSR count). The van der Waals surface area contributed by atoms with Gasteiger partial charge in [-0.15, -0.1) is 0 Å². The predicted octanol–water partition coefficient (Wildman–Crippen LogP) is 1.01. The highest BCUT2D eigenvalue weighted by Gasteiger charge is 2.12. The third kappa shape index (κ3) is 6.25. The zero-order valence-corrected chi connectivity index (χ0v) is 9.67. The van der Waals surface area contributed by atoms with E-state index in [1.807, 2.05) is 25.1 Å². The Morgan fingerprint density at radius 2 is 2.06 bits per heavy atom. The van der Waals surface area contributed by atoms with Crippen LogP contribution in [0.4, 0.5) is 0 Å². The highest BCUT2D eigenvalue weighted by Crippen LogP contribution is 2.17. The maximum atomic E-state index is 10.9. The zero-order chi connectivity index (χ0) is 13.3. The van der Waals surface area contributed by atoms with Crippen LogP contribution >= 0.6 is 0 Å². The van der Waals surface area contributed by atoms with Crippen molar-refractivity contribution in [2.24, 2.45) is 0 Å². The molecule has 1 aromatic rings. The van der Waals surface area contributed by atoms with Crippen LogP contribution in [0.15, 0.2) is 24.3 Å². The fourth-order valence-electron chi connectivity index (χ4n) is 1.24. The summed E-state index contributed by atoms with van der Waals surface area (Å²) in [5.74, 6) is -0.404. The van der Waals surface area contributed by atoms with E-state index in [0.29, 0.717) is 0 Å². The molecule has 92 valence electrons. The molecule has 0 radical (unpaired) electrons. The Bertz CT molecular complexity index is 394. The lowest BCUT2D eigenvalue weighted by Crippen LogP contribution is -2.08. The quantitative estimate of drug-likeness (QED) is 0.795. The number of carbonyl (C=O) groups is 1. The minimum absolute atomic E-state index is 0.0000463. The van der Waals surface area contributed by atoms with Crippen LogP contribution in [-0.4, -0.2) is 24.3 Å². The molecule has 0 heterocycles. The van der Waals surface area contributed by atoms with Crippen molar-refractivity contribution < 1.29 is 24.2 Å². The first-order chi connectivity index (χ1) is 8.04. The number of ether oxygens (including phenoxy) is 1. The van der Waals surface area contributed by atoms with Crippen molar-refractivity contribution in [3.05, 3.63) is 35.4 Å². The minimum Gasteiger partial charge on any atom is -0.469 e. The molecule has 0 bridgehead atoms. The average molecular weight is 238 g/mol. The van der Waals surface area contributed by atoms with E-state index < -0.39 is 12.1 Å². The van der Waals surface area contributed by atoms with Crippen LogP contribution < -0.4 is 0 Å². The number of benzene rings is 1. The summed E-state index contributed by atoms with van der Waals surface area (Å²) in [5.41, 5.74) is 1.81. The molecule has 0 fully saturated rings. The van der Waals surface area contributed by atoms with Gasteiger partial charge in [-0.05, 0) is 12.5 Å². The normalized spacial score (nSPS) is 10.5. The van der Waals surface area contributed by atoms with E-state index in [9.17, 15) is 9.90 Å². The number of carbonyl (C=O) groups excluding carboxylic acids is 3. The largest absolute Gasteiger partial charge is 0.469 e. The summed E-state index contributed by atoms with van der Waals surface area (Å²) in [7, 11) is 1.31. The summed E-state index contributed by atoms with van der Waals surface area (Å²) in [5, 5.41) is 9.65. The molecule has 17 heavy (non-hydrogen) atoms. The van der Waals surface area contributed by atoms with E-state index in [0.717, 1.165) is 11.1 Å². The molecule has 5 heteroatoms. The number of esters is 1. The van der Waals surface area contributed by atoms with E-state index in [1.165, 1.54) is 7.11 Å². The Kier molecular flexibility index (Phi) is 7.26. The summed E-state index contributed by atoms with van der Waals surface area (Å²) in [6, 6.07) is 7.44. The van der Waals surface area contributed by atoms with E-state index >= 15 is 0 Å². The molecule has 0 amide bonds. The first kappa shape index (κ1) is 15.0. The van der Waals surface area contributed by atoms with Gasteiger partial charge in [0.05, 0.1) is 19.6 Å². The van der Waals surface area contributed by atoms with Crippen LogP contribution in [0.2, 0.25) is 0 Å². The van der Waals surface area contributed by atoms with Gasteiger partial charge in [-0.25, -0.2) is 0 Å². The van der Waals surface area contributed by atoms with Gasteiger partial charge < -0.3 is 9.84 Å². The van der Waals surface area contributed by atoms with E-state index in [-0.39, 0.29) is 12.6 Å². The highest BCUT2D eigenvalue weighted by molar-refractivity contribution is 5.70. The third-order valence-corrected chi connectivity index (χ3v) is 2.01. The number of aryl methyl sites for hydroxylation is 1. The van der Waals surface area contributed by atoms with Crippen LogP contribution in [0, 0.1) is 6.92 Å². The van der Waals surface area contributed by atoms with Crippen LogP contribution in [0.25, 0.3) is 0 Å². The van der Waals surface area contributed by atoms with Crippen molar-refractivity contribution in [3.8, 4) is 0 Å². The summed E-state index contributed by atoms with van der Waals surface area (Å²) >= 11 is 0. The molecule has 0 aromatic heterocycles. The maximum absolute atomic E-state index is 10.9. The van der Waals surface area contributed by atoms with Gasteiger partial charge in [0.15, 0.2) is 0 Å². The Labute approximate surface area is 99.0 Å². The van der Waals surface area contributed by atoms with Crippen molar-refractivity contribution in [3.63, 3.8) is 0 Å². The molecule has 0 saturated heterocycles. The molecule has 0 aliphatic heterocycles. The highest BCUT2D eigenvalue weighted by atomic mass is 16.5. The first-order valence-electron chi connectivity index (χ1n) is 4.85. The second kappa shape index (κ2) is 8.21. The van der Waals surface area contributed by atoms with E-state index in [2.05, 4.69) is 4.74 Å². The molecule has 5 nitrogen and oxygen atoms in total. The van der Waals surface area contributed by atoms with E-state index in [4.69, 9.17) is 9.59 Å². The van der Waals surface area contributed by atoms with Gasteiger partial charge in [0.25, 0.3) is 0 Å². The molecule has 1 unspecified atom stereocenters. The van der Waals surface area contributed by atoms with Gasteiger partial charge in [0, 0.05) is 0 Å². The van der Waals surface area contributed by atoms with Gasteiger partial charge in [-0.3, -0.25) is 4.79 Å². The van der Waals surface area contributed by atoms with Crippen LogP contribution in [-0.2, 0) is 19.1 Å². The Morgan fingerprint density at radius 1 is 1.47 bits per heavy atom. The second-order valence-electron chi connectivity index (χ2n) is 3.29. The number of aliphatic hydroxyl groups is 1. The van der Waals surface area contributed by atoms with Crippen molar-refractivity contribution >= 4 is 12.1 Å².